The molecule has 0 aromatic heterocycles. The van der Waals surface area contributed by atoms with Crippen LogP contribution in [0.5, 0.6) is 0 Å². The molecule has 1 saturated heterocycles. The number of nitrogens with one attached hydrogen (secondary N) is 2. The zero-order valence-electron chi connectivity index (χ0n) is 15.1. The molecular weight excluding hydrogens is 367 g/mol. The average Bonchev–Trinajstić information content (AvgIpc) is 2.68. The Labute approximate surface area is 164 Å². The van der Waals surface area contributed by atoms with Gasteiger partial charge in [0.25, 0.3) is 0 Å². The number of urea groups is 1. The van der Waals surface area contributed by atoms with Crippen molar-refractivity contribution < 1.29 is 9.18 Å². The first kappa shape index (κ1) is 19.5. The topological polar surface area (TPSA) is 47.6 Å². The van der Waals surface area contributed by atoms with E-state index in [1.807, 2.05) is 12.1 Å². The van der Waals surface area contributed by atoms with Crippen LogP contribution in [0.4, 0.5) is 20.6 Å². The second kappa shape index (κ2) is 9.58. The number of carbonyl (C=O) groups is 1. The van der Waals surface area contributed by atoms with Crippen molar-refractivity contribution in [1.29, 1.82) is 0 Å². The highest BCUT2D eigenvalue weighted by Gasteiger charge is 2.16. The molecule has 1 heterocycles. The monoisotopic (exact) mass is 390 g/mol. The molecule has 0 aliphatic carbocycles. The van der Waals surface area contributed by atoms with Crippen molar-refractivity contribution in [1.82, 2.24) is 10.2 Å². The Morgan fingerprint density at radius 3 is 2.33 bits per heavy atom. The summed E-state index contributed by atoms with van der Waals surface area (Å²) in [5.74, 6) is -0.322. The van der Waals surface area contributed by atoms with Gasteiger partial charge in [0, 0.05) is 49.1 Å². The highest BCUT2D eigenvalue weighted by Crippen LogP contribution is 2.19. The lowest BCUT2D eigenvalue weighted by Crippen LogP contribution is -2.47. The summed E-state index contributed by atoms with van der Waals surface area (Å²) in [5, 5.41) is 6.28. The maximum absolute atomic E-state index is 12.8. The van der Waals surface area contributed by atoms with Gasteiger partial charge in [0.05, 0.1) is 0 Å². The number of benzene rings is 2. The van der Waals surface area contributed by atoms with Gasteiger partial charge in [-0.25, -0.2) is 9.18 Å². The van der Waals surface area contributed by atoms with Crippen LogP contribution >= 0.6 is 11.6 Å². The van der Waals surface area contributed by atoms with Crippen LogP contribution < -0.4 is 15.5 Å². The number of piperazine rings is 1. The molecule has 2 aromatic carbocycles. The quantitative estimate of drug-likeness (QED) is 0.737. The van der Waals surface area contributed by atoms with Crippen molar-refractivity contribution in [3.63, 3.8) is 0 Å². The molecule has 1 aliphatic rings. The summed E-state index contributed by atoms with van der Waals surface area (Å²) in [6, 6.07) is 13.4. The fraction of sp³-hybridized carbons (Fsp3) is 0.350. The van der Waals surface area contributed by atoms with E-state index < -0.39 is 0 Å². The van der Waals surface area contributed by atoms with E-state index in [1.54, 1.807) is 0 Å². The minimum Gasteiger partial charge on any atom is -0.369 e. The van der Waals surface area contributed by atoms with Crippen LogP contribution in [-0.2, 0) is 0 Å². The molecule has 0 radical (unpaired) electrons. The van der Waals surface area contributed by atoms with E-state index in [0.717, 1.165) is 44.2 Å². The molecule has 144 valence electrons. The van der Waals surface area contributed by atoms with E-state index in [0.29, 0.717) is 12.2 Å². The van der Waals surface area contributed by atoms with Crippen molar-refractivity contribution in [2.24, 2.45) is 0 Å². The van der Waals surface area contributed by atoms with Gasteiger partial charge in [0.1, 0.15) is 5.82 Å². The van der Waals surface area contributed by atoms with Crippen molar-refractivity contribution in [2.45, 2.75) is 6.42 Å². The molecule has 1 fully saturated rings. The lowest BCUT2D eigenvalue weighted by Gasteiger charge is -2.36. The number of amides is 2. The number of anilines is 2. The first-order chi connectivity index (χ1) is 13.1. The maximum atomic E-state index is 12.8. The smallest absolute Gasteiger partial charge is 0.319 e. The number of rotatable bonds is 6. The van der Waals surface area contributed by atoms with Gasteiger partial charge in [-0.05, 0) is 61.5 Å². The number of halogens is 2. The summed E-state index contributed by atoms with van der Waals surface area (Å²) < 4.78 is 12.8. The summed E-state index contributed by atoms with van der Waals surface area (Å²) in [6.45, 7) is 5.53. The Bertz CT molecular complexity index is 731. The van der Waals surface area contributed by atoms with Gasteiger partial charge >= 0.3 is 6.03 Å². The molecule has 0 atom stereocenters. The second-order valence-electron chi connectivity index (χ2n) is 6.55. The SMILES string of the molecule is O=C(NCCCN1CCN(c2ccc(Cl)cc2)CC1)Nc1ccc(F)cc1. The molecule has 5 nitrogen and oxygen atoms in total. The highest BCUT2D eigenvalue weighted by molar-refractivity contribution is 6.30. The normalized spacial score (nSPS) is 14.8. The minimum atomic E-state index is -0.322. The molecule has 1 aliphatic heterocycles. The summed E-state index contributed by atoms with van der Waals surface area (Å²) in [4.78, 5) is 16.6. The molecular formula is C20H24ClFN4O. The highest BCUT2D eigenvalue weighted by atomic mass is 35.5. The van der Waals surface area contributed by atoms with E-state index in [2.05, 4.69) is 32.6 Å². The van der Waals surface area contributed by atoms with Crippen LogP contribution in [-0.4, -0.2) is 50.2 Å². The van der Waals surface area contributed by atoms with Gasteiger partial charge in [0.15, 0.2) is 0 Å². The van der Waals surface area contributed by atoms with Gasteiger partial charge in [-0.3, -0.25) is 4.90 Å². The lowest BCUT2D eigenvalue weighted by molar-refractivity contribution is 0.244. The van der Waals surface area contributed by atoms with E-state index in [1.165, 1.54) is 30.0 Å². The third kappa shape index (κ3) is 6.12. The van der Waals surface area contributed by atoms with Crippen molar-refractivity contribution in [2.75, 3.05) is 49.5 Å². The zero-order chi connectivity index (χ0) is 19.1. The summed E-state index contributed by atoms with van der Waals surface area (Å²) in [6.07, 6.45) is 0.887. The standard InChI is InChI=1S/C20H24ClFN4O/c21-16-2-8-19(9-3-16)26-14-12-25(13-15-26)11-1-10-23-20(27)24-18-6-4-17(22)5-7-18/h2-9H,1,10-15H2,(H2,23,24,27). The molecule has 0 saturated carbocycles. The molecule has 0 bridgehead atoms. The van der Waals surface area contributed by atoms with E-state index in [-0.39, 0.29) is 11.8 Å². The number of nitrogens with zero attached hydrogens (tertiary/aromatic N) is 2. The maximum Gasteiger partial charge on any atom is 0.319 e. The largest absolute Gasteiger partial charge is 0.369 e. The van der Waals surface area contributed by atoms with Crippen molar-refractivity contribution in [3.8, 4) is 0 Å². The number of hydrogen-bond acceptors (Lipinski definition) is 3. The van der Waals surface area contributed by atoms with Gasteiger partial charge in [-0.2, -0.15) is 0 Å². The summed E-state index contributed by atoms with van der Waals surface area (Å²) in [7, 11) is 0. The minimum absolute atomic E-state index is 0.269. The Kier molecular flexibility index (Phi) is 6.90. The van der Waals surface area contributed by atoms with E-state index >= 15 is 0 Å². The second-order valence-corrected chi connectivity index (χ2v) is 6.98. The molecule has 27 heavy (non-hydrogen) atoms. The van der Waals surface area contributed by atoms with Gasteiger partial charge in [-0.1, -0.05) is 11.6 Å². The van der Waals surface area contributed by atoms with Crippen molar-refractivity contribution in [3.05, 3.63) is 59.4 Å². The Morgan fingerprint density at radius 2 is 1.67 bits per heavy atom. The molecule has 2 N–H and O–H groups in total. The van der Waals surface area contributed by atoms with Crippen LogP contribution in [0.2, 0.25) is 5.02 Å². The van der Waals surface area contributed by atoms with Crippen LogP contribution in [0, 0.1) is 5.82 Å². The third-order valence-corrected chi connectivity index (χ3v) is 4.85. The van der Waals surface area contributed by atoms with Crippen LogP contribution in [0.15, 0.2) is 48.5 Å². The molecule has 7 heteroatoms. The van der Waals surface area contributed by atoms with Crippen LogP contribution in [0.25, 0.3) is 0 Å². The first-order valence-corrected chi connectivity index (χ1v) is 9.51. The molecule has 0 unspecified atom stereocenters. The van der Waals surface area contributed by atoms with E-state index in [9.17, 15) is 9.18 Å². The summed E-state index contributed by atoms with van der Waals surface area (Å²) in [5.41, 5.74) is 1.78. The predicted octanol–water partition coefficient (Wildman–Crippen LogP) is 3.81. The van der Waals surface area contributed by atoms with Crippen LogP contribution in [0.1, 0.15) is 6.42 Å². The lowest BCUT2D eigenvalue weighted by atomic mass is 10.2. The number of carbonyl (C=O) groups excluding carboxylic acids is 1. The first-order valence-electron chi connectivity index (χ1n) is 9.13. The van der Waals surface area contributed by atoms with Gasteiger partial charge < -0.3 is 15.5 Å². The molecule has 2 amide bonds. The third-order valence-electron chi connectivity index (χ3n) is 4.60. The molecule has 3 rings (SSSR count). The Morgan fingerprint density at radius 1 is 1.00 bits per heavy atom. The predicted molar refractivity (Wildman–Crippen MR) is 108 cm³/mol. The van der Waals surface area contributed by atoms with Gasteiger partial charge in [0.2, 0.25) is 0 Å². The number of hydrogen-bond donors (Lipinski definition) is 2. The molecule has 2 aromatic rings. The van der Waals surface area contributed by atoms with Gasteiger partial charge in [-0.15, -0.1) is 0 Å². The Balaban J connectivity index is 1.30. The summed E-state index contributed by atoms with van der Waals surface area (Å²) >= 11 is 5.94. The molecule has 0 spiro atoms. The fourth-order valence-electron chi connectivity index (χ4n) is 3.09. The Hall–Kier alpha value is -2.31. The zero-order valence-corrected chi connectivity index (χ0v) is 15.9. The fourth-order valence-corrected chi connectivity index (χ4v) is 3.22. The van der Waals surface area contributed by atoms with Crippen LogP contribution in [0.3, 0.4) is 0 Å². The van der Waals surface area contributed by atoms with Crippen molar-refractivity contribution >= 4 is 29.0 Å². The average molecular weight is 391 g/mol. The van der Waals surface area contributed by atoms with E-state index in [4.69, 9.17) is 11.6 Å².